The van der Waals surface area contributed by atoms with E-state index in [-0.39, 0.29) is 30.0 Å². The molecule has 0 bridgehead atoms. The molecule has 0 heterocycles. The van der Waals surface area contributed by atoms with Crippen molar-refractivity contribution in [3.63, 3.8) is 0 Å². The molecule has 0 saturated carbocycles. The van der Waals surface area contributed by atoms with E-state index in [0.29, 0.717) is 12.0 Å². The largest absolute Gasteiger partial charge is 0.390 e. The Kier molecular flexibility index (Phi) is 15.2. The Balaban J connectivity index is 2.82. The standard InChI is InChI=1S/C33H52O7/c1-21(2)17-18-28(40-8)32(38)31(37)26(34)16-10-15-25-20-27(35)29(24(5)30(25)36)23(4)14-9-12-22(3)13-11-19-33(6,7)39/h9-14,16-18,20-21,23-24,26-29,31-32,34-35,37-39H,15,19H2,1-8H3/b13-11+,14-9+,16-10+,18-17+,22-12+/t23-,24+,26+,27-,28+,29+,31+,32+/m0/s1. The molecule has 226 valence electrons. The van der Waals surface area contributed by atoms with Crippen LogP contribution in [0.15, 0.2) is 71.9 Å². The maximum Gasteiger partial charge on any atom is 0.162 e. The van der Waals surface area contributed by atoms with Gasteiger partial charge in [0, 0.05) is 18.9 Å². The van der Waals surface area contributed by atoms with E-state index in [9.17, 15) is 30.3 Å². The molecule has 7 nitrogen and oxygen atoms in total. The molecule has 0 unspecified atom stereocenters. The minimum atomic E-state index is -1.48. The molecule has 1 aliphatic rings. The van der Waals surface area contributed by atoms with Gasteiger partial charge in [0.2, 0.25) is 0 Å². The Morgan fingerprint density at radius 1 is 1.05 bits per heavy atom. The van der Waals surface area contributed by atoms with E-state index in [1.165, 1.54) is 13.2 Å². The van der Waals surface area contributed by atoms with Crippen LogP contribution in [0.2, 0.25) is 0 Å². The first-order valence-corrected chi connectivity index (χ1v) is 14.2. The summed E-state index contributed by atoms with van der Waals surface area (Å²) in [7, 11) is 1.42. The van der Waals surface area contributed by atoms with Gasteiger partial charge < -0.3 is 30.3 Å². The Hall–Kier alpha value is -2.13. The molecule has 0 spiro atoms. The second-order valence-electron chi connectivity index (χ2n) is 11.9. The SMILES string of the molecule is CO[C@H](/C=C/C(C)C)[C@@H](O)[C@H](O)[C@H](O)/C=C/CC1=C[C@H](O)[C@H]([C@@H](C)/C=C/C=C(C)/C=C/CC(C)(C)O)[C@@H](C)C1=O. The molecule has 1 rings (SSSR count). The minimum absolute atomic E-state index is 0.0522. The van der Waals surface area contributed by atoms with E-state index >= 15 is 0 Å². The summed E-state index contributed by atoms with van der Waals surface area (Å²) in [6.07, 6.45) is 12.7. The first-order valence-electron chi connectivity index (χ1n) is 14.2. The van der Waals surface area contributed by atoms with Crippen LogP contribution >= 0.6 is 0 Å². The lowest BCUT2D eigenvalue weighted by Gasteiger charge is -2.34. The number of carbonyl (C=O) groups is 1. The third-order valence-corrected chi connectivity index (χ3v) is 7.12. The van der Waals surface area contributed by atoms with Crippen molar-refractivity contribution in [1.82, 2.24) is 0 Å². The van der Waals surface area contributed by atoms with Crippen molar-refractivity contribution in [2.45, 2.75) is 97.4 Å². The van der Waals surface area contributed by atoms with Crippen molar-refractivity contribution in [1.29, 1.82) is 0 Å². The number of hydrogen-bond acceptors (Lipinski definition) is 7. The zero-order valence-corrected chi connectivity index (χ0v) is 25.4. The average molecular weight is 561 g/mol. The summed E-state index contributed by atoms with van der Waals surface area (Å²) < 4.78 is 5.23. The number of hydrogen-bond donors (Lipinski definition) is 5. The van der Waals surface area contributed by atoms with E-state index in [1.807, 2.05) is 71.1 Å². The molecule has 0 fully saturated rings. The highest BCUT2D eigenvalue weighted by molar-refractivity contribution is 5.98. The highest BCUT2D eigenvalue weighted by Crippen LogP contribution is 2.34. The Morgan fingerprint density at radius 2 is 1.70 bits per heavy atom. The molecule has 0 aromatic rings. The molecular weight excluding hydrogens is 508 g/mol. The van der Waals surface area contributed by atoms with Crippen molar-refractivity contribution < 1.29 is 35.1 Å². The summed E-state index contributed by atoms with van der Waals surface area (Å²) in [5.74, 6) is -0.544. The third kappa shape index (κ3) is 12.2. The normalized spacial score (nSPS) is 25.4. The maximum atomic E-state index is 13.1. The van der Waals surface area contributed by atoms with Crippen LogP contribution in [-0.4, -0.2) is 74.5 Å². The second kappa shape index (κ2) is 17.0. The summed E-state index contributed by atoms with van der Waals surface area (Å²) in [6.45, 7) is 13.2. The van der Waals surface area contributed by atoms with Gasteiger partial charge in [0.15, 0.2) is 5.78 Å². The number of allylic oxidation sites excluding steroid dienone is 8. The predicted octanol–water partition coefficient (Wildman–Crippen LogP) is 4.22. The van der Waals surface area contributed by atoms with Crippen molar-refractivity contribution in [2.24, 2.45) is 23.7 Å². The first kappa shape index (κ1) is 35.9. The molecule has 0 aromatic carbocycles. The summed E-state index contributed by atoms with van der Waals surface area (Å²) in [5, 5.41) is 51.9. The number of methoxy groups -OCH3 is 1. The van der Waals surface area contributed by atoms with Gasteiger partial charge in [0.1, 0.15) is 24.4 Å². The average Bonchev–Trinajstić information content (AvgIpc) is 2.85. The van der Waals surface area contributed by atoms with Crippen molar-refractivity contribution in [2.75, 3.05) is 7.11 Å². The molecule has 0 aromatic heterocycles. The molecule has 0 aliphatic heterocycles. The van der Waals surface area contributed by atoms with Crippen LogP contribution < -0.4 is 0 Å². The summed E-state index contributed by atoms with van der Waals surface area (Å²) in [6, 6.07) is 0. The van der Waals surface area contributed by atoms with Crippen molar-refractivity contribution in [3.05, 3.63) is 71.9 Å². The summed E-state index contributed by atoms with van der Waals surface area (Å²) >= 11 is 0. The zero-order valence-electron chi connectivity index (χ0n) is 25.4. The van der Waals surface area contributed by atoms with E-state index < -0.39 is 42.0 Å². The zero-order chi connectivity index (χ0) is 30.6. The lowest BCUT2D eigenvalue weighted by atomic mass is 9.71. The Bertz CT molecular complexity index is 964. The van der Waals surface area contributed by atoms with Gasteiger partial charge in [-0.05, 0) is 57.1 Å². The number of rotatable bonds is 15. The van der Waals surface area contributed by atoms with E-state index in [0.717, 1.165) is 5.57 Å². The van der Waals surface area contributed by atoms with Gasteiger partial charge >= 0.3 is 0 Å². The second-order valence-corrected chi connectivity index (χ2v) is 11.9. The molecule has 5 N–H and O–H groups in total. The number of ketones is 1. The molecule has 0 amide bonds. The molecule has 1 aliphatic carbocycles. The lowest BCUT2D eigenvalue weighted by molar-refractivity contribution is -0.123. The molecule has 0 radical (unpaired) electrons. The van der Waals surface area contributed by atoms with Crippen LogP contribution in [0.25, 0.3) is 0 Å². The number of carbonyl (C=O) groups excluding carboxylic acids is 1. The molecule has 40 heavy (non-hydrogen) atoms. The monoisotopic (exact) mass is 560 g/mol. The van der Waals surface area contributed by atoms with Crippen LogP contribution in [0.1, 0.15) is 61.3 Å². The Morgan fingerprint density at radius 3 is 2.27 bits per heavy atom. The van der Waals surface area contributed by atoms with Gasteiger partial charge in [-0.25, -0.2) is 0 Å². The van der Waals surface area contributed by atoms with Crippen molar-refractivity contribution >= 4 is 5.78 Å². The fourth-order valence-electron chi connectivity index (χ4n) is 4.71. The molecule has 7 heteroatoms. The highest BCUT2D eigenvalue weighted by atomic mass is 16.5. The predicted molar refractivity (Wildman–Crippen MR) is 160 cm³/mol. The van der Waals surface area contributed by atoms with Gasteiger partial charge in [0.25, 0.3) is 0 Å². The van der Waals surface area contributed by atoms with Gasteiger partial charge in [-0.15, -0.1) is 0 Å². The van der Waals surface area contributed by atoms with Crippen LogP contribution in [0, 0.1) is 23.7 Å². The lowest BCUT2D eigenvalue weighted by Crippen LogP contribution is -2.43. The third-order valence-electron chi connectivity index (χ3n) is 7.12. The highest BCUT2D eigenvalue weighted by Gasteiger charge is 2.37. The first-order chi connectivity index (χ1) is 18.6. The number of aliphatic hydroxyl groups is 5. The van der Waals surface area contributed by atoms with Crippen LogP contribution in [0.4, 0.5) is 0 Å². The summed E-state index contributed by atoms with van der Waals surface area (Å²) in [5.41, 5.74) is 0.734. The molecule has 0 saturated heterocycles. The van der Waals surface area contributed by atoms with Crippen LogP contribution in [0.5, 0.6) is 0 Å². The topological polar surface area (TPSA) is 127 Å². The van der Waals surface area contributed by atoms with Crippen LogP contribution in [0.3, 0.4) is 0 Å². The van der Waals surface area contributed by atoms with Gasteiger partial charge in [0.05, 0.1) is 11.7 Å². The van der Waals surface area contributed by atoms with Crippen LogP contribution in [-0.2, 0) is 9.53 Å². The van der Waals surface area contributed by atoms with Gasteiger partial charge in [-0.2, -0.15) is 0 Å². The smallest absolute Gasteiger partial charge is 0.162 e. The summed E-state index contributed by atoms with van der Waals surface area (Å²) in [4.78, 5) is 13.1. The van der Waals surface area contributed by atoms with E-state index in [1.54, 1.807) is 32.1 Å². The van der Waals surface area contributed by atoms with Gasteiger partial charge in [-0.3, -0.25) is 4.79 Å². The van der Waals surface area contributed by atoms with Crippen molar-refractivity contribution in [3.8, 4) is 0 Å². The fourth-order valence-corrected chi connectivity index (χ4v) is 4.71. The number of Topliss-reactive ketones (excluding diaryl/α,β-unsaturated/α-hetero) is 1. The van der Waals surface area contributed by atoms with E-state index in [4.69, 9.17) is 4.74 Å². The fraction of sp³-hybridized carbons (Fsp3) is 0.606. The Labute approximate surface area is 241 Å². The maximum absolute atomic E-state index is 13.1. The number of aliphatic hydroxyl groups excluding tert-OH is 4. The number of ether oxygens (including phenoxy) is 1. The quantitative estimate of drug-likeness (QED) is 0.150. The molecule has 8 atom stereocenters. The minimum Gasteiger partial charge on any atom is -0.390 e. The van der Waals surface area contributed by atoms with Gasteiger partial charge in [-0.1, -0.05) is 88.0 Å². The molecular formula is C33H52O7. The van der Waals surface area contributed by atoms with E-state index in [2.05, 4.69) is 0 Å².